The predicted molar refractivity (Wildman–Crippen MR) is 111 cm³/mol. The van der Waals surface area contributed by atoms with E-state index in [9.17, 15) is 9.59 Å². The smallest absolute Gasteiger partial charge is 0.252 e. The Morgan fingerprint density at radius 2 is 1.83 bits per heavy atom. The number of benzene rings is 2. The first-order valence-electron chi connectivity index (χ1n) is 9.52. The third-order valence-corrected chi connectivity index (χ3v) is 4.64. The van der Waals surface area contributed by atoms with Crippen LogP contribution in [0.3, 0.4) is 0 Å². The van der Waals surface area contributed by atoms with Crippen LogP contribution in [-0.4, -0.2) is 40.3 Å². The summed E-state index contributed by atoms with van der Waals surface area (Å²) >= 11 is 0. The second-order valence-electron chi connectivity index (χ2n) is 6.65. The van der Waals surface area contributed by atoms with Crippen LogP contribution in [0.15, 0.2) is 48.5 Å². The molecule has 0 aliphatic carbocycles. The quantitative estimate of drug-likeness (QED) is 0.624. The van der Waals surface area contributed by atoms with Crippen molar-refractivity contribution in [1.82, 2.24) is 14.8 Å². The highest BCUT2D eigenvalue weighted by Crippen LogP contribution is 2.29. The summed E-state index contributed by atoms with van der Waals surface area (Å²) in [5, 5.41) is 9.90. The first kappa shape index (κ1) is 19.4. The number of hydrogen-bond donors (Lipinski definition) is 2. The van der Waals surface area contributed by atoms with Crippen LogP contribution in [0.2, 0.25) is 0 Å². The number of hydrogen-bond acceptors (Lipinski definition) is 6. The zero-order valence-electron chi connectivity index (χ0n) is 16.6. The van der Waals surface area contributed by atoms with Crippen LogP contribution in [0.5, 0.6) is 11.5 Å². The Morgan fingerprint density at radius 1 is 1.13 bits per heavy atom. The number of fused-ring (bicyclic) bond motifs is 1. The normalized spacial score (nSPS) is 14.7. The van der Waals surface area contributed by atoms with Gasteiger partial charge >= 0.3 is 0 Å². The molecule has 0 bridgehead atoms. The summed E-state index contributed by atoms with van der Waals surface area (Å²) in [5.74, 6) is 1.63. The van der Waals surface area contributed by atoms with Crippen LogP contribution >= 0.6 is 0 Å². The molecule has 0 spiro atoms. The number of nitrogens with zero attached hydrogens (tertiary/aromatic N) is 3. The van der Waals surface area contributed by atoms with E-state index in [2.05, 4.69) is 20.7 Å². The highest BCUT2D eigenvalue weighted by atomic mass is 16.5. The van der Waals surface area contributed by atoms with Crippen LogP contribution in [-0.2, 0) is 9.59 Å². The fourth-order valence-electron chi connectivity index (χ4n) is 3.16. The average Bonchev–Trinajstić information content (AvgIpc) is 3.28. The van der Waals surface area contributed by atoms with Crippen molar-refractivity contribution >= 4 is 23.5 Å². The first-order chi connectivity index (χ1) is 14.6. The van der Waals surface area contributed by atoms with Crippen molar-refractivity contribution in [3.05, 3.63) is 48.5 Å². The van der Waals surface area contributed by atoms with E-state index in [1.165, 1.54) is 4.68 Å². The molecule has 154 valence electrons. The van der Waals surface area contributed by atoms with Crippen LogP contribution in [0, 0.1) is 0 Å². The number of rotatable bonds is 7. The Labute approximate surface area is 173 Å². The van der Waals surface area contributed by atoms with Crippen molar-refractivity contribution in [2.45, 2.75) is 19.4 Å². The molecule has 3 aromatic rings. The van der Waals surface area contributed by atoms with E-state index in [0.717, 1.165) is 17.1 Å². The summed E-state index contributed by atoms with van der Waals surface area (Å²) in [7, 11) is 1.59. The Balaban J connectivity index is 1.45. The van der Waals surface area contributed by atoms with Gasteiger partial charge in [0.1, 0.15) is 17.5 Å². The number of methoxy groups -OCH3 is 1. The molecule has 2 aromatic carbocycles. The van der Waals surface area contributed by atoms with Gasteiger partial charge in [-0.25, -0.2) is 4.68 Å². The van der Waals surface area contributed by atoms with E-state index in [-0.39, 0.29) is 18.2 Å². The van der Waals surface area contributed by atoms with Crippen molar-refractivity contribution in [3.63, 3.8) is 0 Å². The first-order valence-corrected chi connectivity index (χ1v) is 9.52. The average molecular weight is 407 g/mol. The lowest BCUT2D eigenvalue weighted by Crippen LogP contribution is -2.23. The molecule has 1 unspecified atom stereocenters. The molecule has 0 saturated carbocycles. The number of ether oxygens (including phenoxy) is 2. The van der Waals surface area contributed by atoms with E-state index in [4.69, 9.17) is 9.47 Å². The molecule has 30 heavy (non-hydrogen) atoms. The van der Waals surface area contributed by atoms with Crippen LogP contribution < -0.4 is 20.1 Å². The van der Waals surface area contributed by atoms with Crippen molar-refractivity contribution in [1.29, 1.82) is 0 Å². The SMILES string of the molecule is CCOc1ccc(NC(=O)CC2C(=O)Nc3nc(-c4ccc(OC)cc4)nn32)cc1. The zero-order chi connectivity index (χ0) is 21.1. The minimum absolute atomic E-state index is 0.0581. The Kier molecular flexibility index (Phi) is 5.34. The van der Waals surface area contributed by atoms with Crippen molar-refractivity contribution in [2.75, 3.05) is 24.4 Å². The van der Waals surface area contributed by atoms with Crippen molar-refractivity contribution in [2.24, 2.45) is 0 Å². The summed E-state index contributed by atoms with van der Waals surface area (Å²) in [5.41, 5.74) is 1.41. The summed E-state index contributed by atoms with van der Waals surface area (Å²) in [4.78, 5) is 29.2. The van der Waals surface area contributed by atoms with Gasteiger partial charge in [0, 0.05) is 11.3 Å². The molecule has 4 rings (SSSR count). The Bertz CT molecular complexity index is 1060. The van der Waals surface area contributed by atoms with Gasteiger partial charge in [0.15, 0.2) is 5.82 Å². The number of aromatic nitrogens is 3. The van der Waals surface area contributed by atoms with Gasteiger partial charge in [-0.3, -0.25) is 14.9 Å². The van der Waals surface area contributed by atoms with Gasteiger partial charge in [0.2, 0.25) is 11.9 Å². The summed E-state index contributed by atoms with van der Waals surface area (Å²) in [6.45, 7) is 2.47. The number of anilines is 2. The van der Waals surface area contributed by atoms with Gasteiger partial charge in [-0.15, -0.1) is 5.10 Å². The molecule has 1 aliphatic rings. The van der Waals surface area contributed by atoms with Gasteiger partial charge in [0.25, 0.3) is 5.91 Å². The van der Waals surface area contributed by atoms with Gasteiger partial charge in [-0.05, 0) is 55.5 Å². The fraction of sp³-hybridized carbons (Fsp3) is 0.238. The van der Waals surface area contributed by atoms with E-state index in [0.29, 0.717) is 24.1 Å². The second kappa shape index (κ2) is 8.24. The largest absolute Gasteiger partial charge is 0.497 e. The van der Waals surface area contributed by atoms with Gasteiger partial charge < -0.3 is 14.8 Å². The van der Waals surface area contributed by atoms with Gasteiger partial charge in [0.05, 0.1) is 20.1 Å². The maximum absolute atomic E-state index is 12.5. The molecule has 1 atom stereocenters. The molecule has 2 N–H and O–H groups in total. The van der Waals surface area contributed by atoms with Crippen LogP contribution in [0.4, 0.5) is 11.6 Å². The molecule has 2 heterocycles. The van der Waals surface area contributed by atoms with E-state index in [1.807, 2.05) is 31.2 Å². The van der Waals surface area contributed by atoms with Gasteiger partial charge in [-0.2, -0.15) is 4.98 Å². The maximum atomic E-state index is 12.5. The molecule has 1 aromatic heterocycles. The topological polar surface area (TPSA) is 107 Å². The van der Waals surface area contributed by atoms with E-state index >= 15 is 0 Å². The molecule has 1 aliphatic heterocycles. The molecule has 9 nitrogen and oxygen atoms in total. The summed E-state index contributed by atoms with van der Waals surface area (Å²) < 4.78 is 12.0. The number of carbonyl (C=O) groups excluding carboxylic acids is 2. The minimum Gasteiger partial charge on any atom is -0.497 e. The third-order valence-electron chi connectivity index (χ3n) is 4.64. The van der Waals surface area contributed by atoms with Crippen molar-refractivity contribution in [3.8, 4) is 22.9 Å². The Morgan fingerprint density at radius 3 is 2.50 bits per heavy atom. The molecule has 2 amide bonds. The van der Waals surface area contributed by atoms with Gasteiger partial charge in [-0.1, -0.05) is 0 Å². The van der Waals surface area contributed by atoms with E-state index in [1.54, 1.807) is 31.4 Å². The number of amides is 2. The van der Waals surface area contributed by atoms with E-state index < -0.39 is 6.04 Å². The maximum Gasteiger partial charge on any atom is 0.252 e. The lowest BCUT2D eigenvalue weighted by atomic mass is 10.2. The van der Waals surface area contributed by atoms with Crippen LogP contribution in [0.1, 0.15) is 19.4 Å². The zero-order valence-corrected chi connectivity index (χ0v) is 16.6. The standard InChI is InChI=1S/C21H21N5O4/c1-3-30-16-10-6-14(7-11-16)22-18(27)12-17-20(28)24-21-23-19(25-26(17)21)13-4-8-15(29-2)9-5-13/h4-11,17H,3,12H2,1-2H3,(H,22,27)(H,23,24,25,28). The number of nitrogens with one attached hydrogen (secondary N) is 2. The second-order valence-corrected chi connectivity index (χ2v) is 6.65. The third kappa shape index (κ3) is 3.95. The fourth-order valence-corrected chi connectivity index (χ4v) is 3.16. The highest BCUT2D eigenvalue weighted by molar-refractivity contribution is 6.01. The molecular formula is C21H21N5O4. The highest BCUT2D eigenvalue weighted by Gasteiger charge is 2.35. The molecular weight excluding hydrogens is 386 g/mol. The molecule has 0 saturated heterocycles. The molecule has 0 fully saturated rings. The lowest BCUT2D eigenvalue weighted by Gasteiger charge is -2.10. The Hall–Kier alpha value is -3.88. The monoisotopic (exact) mass is 407 g/mol. The lowest BCUT2D eigenvalue weighted by molar-refractivity contribution is -0.123. The van der Waals surface area contributed by atoms with Crippen LogP contribution in [0.25, 0.3) is 11.4 Å². The molecule has 0 radical (unpaired) electrons. The van der Waals surface area contributed by atoms with Crippen molar-refractivity contribution < 1.29 is 19.1 Å². The predicted octanol–water partition coefficient (Wildman–Crippen LogP) is 2.87. The number of carbonyl (C=O) groups is 2. The summed E-state index contributed by atoms with van der Waals surface area (Å²) in [6.07, 6.45) is -0.0581. The molecule has 9 heteroatoms. The minimum atomic E-state index is -0.762. The summed E-state index contributed by atoms with van der Waals surface area (Å²) in [6, 6.07) is 13.6.